The van der Waals surface area contributed by atoms with Gasteiger partial charge in [0.05, 0.1) is 13.1 Å². The van der Waals surface area contributed by atoms with Gasteiger partial charge in [0, 0.05) is 50.5 Å². The van der Waals surface area contributed by atoms with Crippen LogP contribution in [0.4, 0.5) is 5.69 Å². The lowest BCUT2D eigenvalue weighted by molar-refractivity contribution is -0.145. The van der Waals surface area contributed by atoms with Crippen LogP contribution in [0, 0.1) is 13.8 Å². The molecule has 13 heteroatoms. The minimum Gasteiger partial charge on any atom is -0.353 e. The molecule has 3 N–H and O–H groups in total. The zero-order chi connectivity index (χ0) is 27.2. The highest BCUT2D eigenvalue weighted by atomic mass is 35.5. The topological polar surface area (TPSA) is 109 Å². The number of fused-ring (bicyclic) bond motifs is 1. The van der Waals surface area contributed by atoms with Crippen LogP contribution in [0.2, 0.25) is 0 Å². The molecule has 1 aliphatic heterocycles. The van der Waals surface area contributed by atoms with Crippen LogP contribution in [0.5, 0.6) is 0 Å². The highest BCUT2D eigenvalue weighted by molar-refractivity contribution is 5.87. The molecule has 0 unspecified atom stereocenters. The third-order valence-corrected chi connectivity index (χ3v) is 6.67. The smallest absolute Gasteiger partial charge is 0.256 e. The second-order valence-electron chi connectivity index (χ2n) is 10.1. The van der Waals surface area contributed by atoms with Crippen LogP contribution in [0.3, 0.4) is 0 Å². The van der Waals surface area contributed by atoms with Crippen molar-refractivity contribution in [2.45, 2.75) is 46.8 Å². The second kappa shape index (κ2) is 16.5. The average Bonchev–Trinajstić information content (AvgIpc) is 3.52. The summed E-state index contributed by atoms with van der Waals surface area (Å²) in [7, 11) is 1.80. The predicted octanol–water partition coefficient (Wildman–Crippen LogP) is 3.66. The molecule has 0 fully saturated rings. The molecule has 2 heterocycles. The molecule has 226 valence electrons. The van der Waals surface area contributed by atoms with Gasteiger partial charge in [-0.25, -0.2) is 9.99 Å². The molecular weight excluding hydrogens is 587 g/mol. The van der Waals surface area contributed by atoms with E-state index < -0.39 is 0 Å². The SMILES string of the molecule is Cc1nc(-c2ccc(C)c(N(CC(=O)NCCNC(C)C)CC(=O)N(C)N3Cc4ccccc4C3)c2)n[nH]1.Cl.Cl.Cl. The predicted molar refractivity (Wildman–Crippen MR) is 170 cm³/mol. The first-order valence-corrected chi connectivity index (χ1v) is 13.0. The van der Waals surface area contributed by atoms with E-state index in [4.69, 9.17) is 0 Å². The molecule has 0 aliphatic carbocycles. The molecular formula is C28H41Cl3N8O2. The van der Waals surface area contributed by atoms with Crippen LogP contribution < -0.4 is 15.5 Å². The molecule has 4 rings (SSSR count). The summed E-state index contributed by atoms with van der Waals surface area (Å²) in [6.07, 6.45) is 0. The quantitative estimate of drug-likeness (QED) is 0.279. The van der Waals surface area contributed by atoms with Crippen LogP contribution >= 0.6 is 37.2 Å². The first-order valence-electron chi connectivity index (χ1n) is 13.0. The van der Waals surface area contributed by atoms with Gasteiger partial charge in [0.1, 0.15) is 5.82 Å². The average molecular weight is 628 g/mol. The van der Waals surface area contributed by atoms with Gasteiger partial charge in [-0.2, -0.15) is 5.10 Å². The number of nitrogens with zero attached hydrogens (tertiary/aromatic N) is 5. The van der Waals surface area contributed by atoms with E-state index in [-0.39, 0.29) is 62.1 Å². The number of hydrogen-bond acceptors (Lipinski definition) is 7. The summed E-state index contributed by atoms with van der Waals surface area (Å²) >= 11 is 0. The van der Waals surface area contributed by atoms with Crippen LogP contribution in [0.1, 0.15) is 36.4 Å². The molecule has 2 aromatic carbocycles. The molecule has 0 bridgehead atoms. The van der Waals surface area contributed by atoms with Gasteiger partial charge in [-0.3, -0.25) is 19.7 Å². The molecule has 10 nitrogen and oxygen atoms in total. The Kier molecular flexibility index (Phi) is 14.6. The zero-order valence-corrected chi connectivity index (χ0v) is 26.6. The van der Waals surface area contributed by atoms with E-state index in [9.17, 15) is 9.59 Å². The lowest BCUT2D eigenvalue weighted by Crippen LogP contribution is -2.48. The van der Waals surface area contributed by atoms with Gasteiger partial charge in [-0.1, -0.05) is 50.2 Å². The number of carbonyl (C=O) groups excluding carboxylic acids is 2. The van der Waals surface area contributed by atoms with Crippen molar-refractivity contribution >= 4 is 54.7 Å². The number of aryl methyl sites for hydroxylation is 2. The fourth-order valence-electron chi connectivity index (χ4n) is 4.53. The zero-order valence-electron chi connectivity index (χ0n) is 24.1. The van der Waals surface area contributed by atoms with Crippen molar-refractivity contribution in [3.05, 3.63) is 65.0 Å². The van der Waals surface area contributed by atoms with Crippen molar-refractivity contribution in [1.29, 1.82) is 0 Å². The number of amides is 2. The Labute approximate surface area is 260 Å². The highest BCUT2D eigenvalue weighted by Gasteiger charge is 2.27. The summed E-state index contributed by atoms with van der Waals surface area (Å²) in [5.74, 6) is 1.06. The van der Waals surface area contributed by atoms with Crippen LogP contribution in [0.25, 0.3) is 11.4 Å². The summed E-state index contributed by atoms with van der Waals surface area (Å²) in [6.45, 7) is 10.6. The van der Waals surface area contributed by atoms with Gasteiger partial charge in [-0.15, -0.1) is 37.2 Å². The van der Waals surface area contributed by atoms with Crippen LogP contribution in [0.15, 0.2) is 42.5 Å². The largest absolute Gasteiger partial charge is 0.353 e. The van der Waals surface area contributed by atoms with E-state index in [2.05, 4.69) is 51.8 Å². The number of rotatable bonds is 11. The maximum atomic E-state index is 13.5. The molecule has 0 spiro atoms. The van der Waals surface area contributed by atoms with Gasteiger partial charge < -0.3 is 15.5 Å². The standard InChI is InChI=1S/C28H38N8O2.3ClH/c1-19(2)29-12-13-30-26(37)17-35(25-14-22(11-10-20(25)3)28-31-21(4)32-33-28)18-27(38)34(5)36-15-23-8-6-7-9-24(23)16-36;;;/h6-11,14,19,29H,12-13,15-18H2,1-5H3,(H,30,37)(H,31,32,33);3*1H. The lowest BCUT2D eigenvalue weighted by atomic mass is 10.1. The molecule has 0 saturated carbocycles. The fourth-order valence-corrected chi connectivity index (χ4v) is 4.53. The fraction of sp³-hybridized carbons (Fsp3) is 0.429. The molecule has 2 amide bonds. The third-order valence-electron chi connectivity index (χ3n) is 6.67. The number of aromatic nitrogens is 3. The Morgan fingerprint density at radius 2 is 1.66 bits per heavy atom. The number of hydrazine groups is 1. The monoisotopic (exact) mass is 626 g/mol. The minimum atomic E-state index is -0.141. The van der Waals surface area contributed by atoms with Gasteiger partial charge in [0.2, 0.25) is 5.91 Å². The van der Waals surface area contributed by atoms with Crippen LogP contribution in [-0.4, -0.2) is 76.3 Å². The Hall–Kier alpha value is -2.89. The highest BCUT2D eigenvalue weighted by Crippen LogP contribution is 2.27. The molecule has 0 saturated heterocycles. The van der Waals surface area contributed by atoms with Crippen molar-refractivity contribution in [2.75, 3.05) is 38.1 Å². The summed E-state index contributed by atoms with van der Waals surface area (Å²) in [5, 5.41) is 17.1. The number of likely N-dealkylation sites (N-methyl/N-ethyl adjacent to an activating group) is 1. The number of carbonyl (C=O) groups is 2. The van der Waals surface area contributed by atoms with Crippen molar-refractivity contribution in [3.8, 4) is 11.4 Å². The normalized spacial score (nSPS) is 12.0. The summed E-state index contributed by atoms with van der Waals surface area (Å²) in [4.78, 5) is 32.8. The summed E-state index contributed by atoms with van der Waals surface area (Å²) in [6, 6.07) is 14.4. The first-order chi connectivity index (χ1) is 18.2. The maximum absolute atomic E-state index is 13.5. The number of aromatic amines is 1. The Bertz CT molecular complexity index is 1260. The third kappa shape index (κ3) is 9.58. The van der Waals surface area contributed by atoms with Gasteiger partial charge in [-0.05, 0) is 36.6 Å². The summed E-state index contributed by atoms with van der Waals surface area (Å²) in [5.41, 5.74) is 5.02. The second-order valence-corrected chi connectivity index (χ2v) is 10.1. The van der Waals surface area contributed by atoms with E-state index in [1.165, 1.54) is 11.1 Å². The molecule has 3 aromatic rings. The van der Waals surface area contributed by atoms with Crippen molar-refractivity contribution in [2.24, 2.45) is 0 Å². The van der Waals surface area contributed by atoms with Gasteiger partial charge in [0.15, 0.2) is 5.82 Å². The van der Waals surface area contributed by atoms with E-state index >= 15 is 0 Å². The summed E-state index contributed by atoms with van der Waals surface area (Å²) < 4.78 is 0. The number of hydrogen-bond donors (Lipinski definition) is 3. The number of anilines is 1. The van der Waals surface area contributed by atoms with E-state index in [1.807, 2.05) is 54.1 Å². The van der Waals surface area contributed by atoms with Crippen molar-refractivity contribution in [3.63, 3.8) is 0 Å². The van der Waals surface area contributed by atoms with E-state index in [0.29, 0.717) is 38.0 Å². The van der Waals surface area contributed by atoms with E-state index in [1.54, 1.807) is 12.1 Å². The number of H-pyrrole nitrogens is 1. The Morgan fingerprint density at radius 3 is 2.24 bits per heavy atom. The minimum absolute atomic E-state index is 0. The molecule has 0 radical (unpaired) electrons. The van der Waals surface area contributed by atoms with Gasteiger partial charge in [0.25, 0.3) is 5.91 Å². The number of benzene rings is 2. The Balaban J connectivity index is 0.00000280. The Morgan fingerprint density at radius 1 is 1.00 bits per heavy atom. The number of nitrogens with one attached hydrogen (secondary N) is 3. The van der Waals surface area contributed by atoms with Crippen LogP contribution in [-0.2, 0) is 22.7 Å². The molecule has 1 aliphatic rings. The number of halogens is 3. The lowest BCUT2D eigenvalue weighted by Gasteiger charge is -2.32. The maximum Gasteiger partial charge on any atom is 0.256 e. The van der Waals surface area contributed by atoms with Crippen molar-refractivity contribution < 1.29 is 9.59 Å². The molecule has 41 heavy (non-hydrogen) atoms. The van der Waals surface area contributed by atoms with E-state index in [0.717, 1.165) is 22.6 Å². The van der Waals surface area contributed by atoms with Gasteiger partial charge >= 0.3 is 0 Å². The molecule has 1 aromatic heterocycles. The molecule has 0 atom stereocenters. The van der Waals surface area contributed by atoms with Crippen molar-refractivity contribution in [1.82, 2.24) is 35.8 Å². The first kappa shape index (κ1) is 36.1.